The molecule has 0 heterocycles. The van der Waals surface area contributed by atoms with E-state index >= 15 is 0 Å². The first-order chi connectivity index (χ1) is 10.7. The second-order valence-electron chi connectivity index (χ2n) is 6.48. The molecule has 0 fully saturated rings. The zero-order chi connectivity index (χ0) is 15.8. The van der Waals surface area contributed by atoms with Crippen LogP contribution in [-0.2, 0) is 17.6 Å². The van der Waals surface area contributed by atoms with Crippen LogP contribution in [0.25, 0.3) is 0 Å². The van der Waals surface area contributed by atoms with Gasteiger partial charge in [0.15, 0.2) is 0 Å². The van der Waals surface area contributed by atoms with Gasteiger partial charge in [-0.3, -0.25) is 4.79 Å². The Balaban J connectivity index is 1.79. The lowest BCUT2D eigenvalue weighted by molar-refractivity contribution is -0.121. The van der Waals surface area contributed by atoms with Crippen molar-refractivity contribution in [3.05, 3.63) is 34.9 Å². The Morgan fingerprint density at radius 2 is 1.86 bits per heavy atom. The maximum atomic E-state index is 12.0. The predicted octanol–water partition coefficient (Wildman–Crippen LogP) is 3.65. The van der Waals surface area contributed by atoms with Gasteiger partial charge in [-0.15, -0.1) is 0 Å². The highest BCUT2D eigenvalue weighted by Crippen LogP contribution is 2.24. The molecule has 1 aromatic rings. The number of carbonyl (C=O) groups is 1. The van der Waals surface area contributed by atoms with E-state index in [1.165, 1.54) is 42.4 Å². The molecule has 0 aromatic heterocycles. The Morgan fingerprint density at radius 3 is 2.64 bits per heavy atom. The summed E-state index contributed by atoms with van der Waals surface area (Å²) in [5, 5.41) is 3.13. The second kappa shape index (κ2) is 8.94. The summed E-state index contributed by atoms with van der Waals surface area (Å²) in [7, 11) is 0. The highest BCUT2D eigenvalue weighted by Gasteiger charge is 2.13. The largest absolute Gasteiger partial charge is 0.350 e. The van der Waals surface area contributed by atoms with Crippen molar-refractivity contribution in [1.29, 1.82) is 0 Å². The average Bonchev–Trinajstić information content (AvgIpc) is 2.54. The zero-order valence-corrected chi connectivity index (χ0v) is 13.9. The van der Waals surface area contributed by atoms with Gasteiger partial charge in [-0.1, -0.05) is 31.0 Å². The molecule has 3 N–H and O–H groups in total. The molecule has 0 spiro atoms. The zero-order valence-electron chi connectivity index (χ0n) is 13.9. The molecule has 0 bridgehead atoms. The fourth-order valence-corrected chi connectivity index (χ4v) is 3.20. The number of amides is 1. The molecule has 1 atom stereocenters. The SMILES string of the molecule is CC(NC(=O)CCCCCCN)c1ccc2c(c1)CCCC2. The summed E-state index contributed by atoms with van der Waals surface area (Å²) in [5.74, 6) is 0.165. The third kappa shape index (κ3) is 5.13. The number of unbranched alkanes of at least 4 members (excludes halogenated alkanes) is 3. The summed E-state index contributed by atoms with van der Waals surface area (Å²) in [4.78, 5) is 12.0. The molecular weight excluding hydrogens is 272 g/mol. The number of carbonyl (C=O) groups excluding carboxylic acids is 1. The predicted molar refractivity (Wildman–Crippen MR) is 91.8 cm³/mol. The Hall–Kier alpha value is -1.35. The van der Waals surface area contributed by atoms with Gasteiger partial charge in [0, 0.05) is 6.42 Å². The van der Waals surface area contributed by atoms with E-state index in [2.05, 4.69) is 30.4 Å². The molecule has 1 aliphatic rings. The molecule has 0 saturated carbocycles. The van der Waals surface area contributed by atoms with Crippen molar-refractivity contribution in [2.75, 3.05) is 6.54 Å². The summed E-state index contributed by atoms with van der Waals surface area (Å²) >= 11 is 0. The quantitative estimate of drug-likeness (QED) is 0.720. The second-order valence-corrected chi connectivity index (χ2v) is 6.48. The third-order valence-electron chi connectivity index (χ3n) is 4.61. The maximum absolute atomic E-state index is 12.0. The van der Waals surface area contributed by atoms with Gasteiger partial charge in [0.2, 0.25) is 5.91 Å². The maximum Gasteiger partial charge on any atom is 0.220 e. The van der Waals surface area contributed by atoms with Crippen molar-refractivity contribution in [3.63, 3.8) is 0 Å². The highest BCUT2D eigenvalue weighted by atomic mass is 16.1. The molecular formula is C19H30N2O. The normalized spacial score (nSPS) is 15.2. The lowest BCUT2D eigenvalue weighted by Crippen LogP contribution is -2.26. The van der Waals surface area contributed by atoms with Crippen LogP contribution in [0.15, 0.2) is 18.2 Å². The third-order valence-corrected chi connectivity index (χ3v) is 4.61. The first kappa shape index (κ1) is 17.0. The van der Waals surface area contributed by atoms with Gasteiger partial charge in [-0.05, 0) is 68.7 Å². The Kier molecular flexibility index (Phi) is 6.91. The minimum atomic E-state index is 0.101. The Morgan fingerprint density at radius 1 is 1.14 bits per heavy atom. The van der Waals surface area contributed by atoms with Crippen molar-refractivity contribution in [3.8, 4) is 0 Å². The Bertz CT molecular complexity index is 484. The van der Waals surface area contributed by atoms with Gasteiger partial charge in [0.1, 0.15) is 0 Å². The average molecular weight is 302 g/mol. The minimum absolute atomic E-state index is 0.101. The number of hydrogen-bond donors (Lipinski definition) is 2. The fourth-order valence-electron chi connectivity index (χ4n) is 3.20. The smallest absolute Gasteiger partial charge is 0.220 e. The van der Waals surface area contributed by atoms with Crippen LogP contribution in [0.4, 0.5) is 0 Å². The van der Waals surface area contributed by atoms with Crippen LogP contribution in [0.2, 0.25) is 0 Å². The van der Waals surface area contributed by atoms with Gasteiger partial charge >= 0.3 is 0 Å². The van der Waals surface area contributed by atoms with Crippen LogP contribution in [0.5, 0.6) is 0 Å². The number of benzene rings is 1. The standard InChI is InChI=1S/C19H30N2O/c1-15(21-19(22)10-4-2-3-7-13-20)17-12-11-16-8-5-6-9-18(16)14-17/h11-12,14-15H,2-10,13,20H2,1H3,(H,21,22). The van der Waals surface area contributed by atoms with E-state index in [4.69, 9.17) is 5.73 Å². The van der Waals surface area contributed by atoms with Crippen molar-refractivity contribution in [1.82, 2.24) is 5.32 Å². The van der Waals surface area contributed by atoms with Crippen molar-refractivity contribution >= 4 is 5.91 Å². The van der Waals surface area contributed by atoms with E-state index in [9.17, 15) is 4.79 Å². The van der Waals surface area contributed by atoms with Crippen molar-refractivity contribution < 1.29 is 4.79 Å². The number of nitrogens with two attached hydrogens (primary N) is 1. The van der Waals surface area contributed by atoms with E-state index in [0.29, 0.717) is 6.42 Å². The number of nitrogens with one attached hydrogen (secondary N) is 1. The lowest BCUT2D eigenvalue weighted by Gasteiger charge is -2.20. The van der Waals surface area contributed by atoms with Crippen LogP contribution in [0, 0.1) is 0 Å². The molecule has 1 amide bonds. The number of aryl methyl sites for hydroxylation is 2. The summed E-state index contributed by atoms with van der Waals surface area (Å²) in [6.07, 6.45) is 9.87. The van der Waals surface area contributed by atoms with Gasteiger partial charge in [-0.2, -0.15) is 0 Å². The molecule has 122 valence electrons. The molecule has 1 aromatic carbocycles. The fraction of sp³-hybridized carbons (Fsp3) is 0.632. The summed E-state index contributed by atoms with van der Waals surface area (Å²) in [5.41, 5.74) is 9.68. The van der Waals surface area contributed by atoms with Gasteiger partial charge in [-0.25, -0.2) is 0 Å². The van der Waals surface area contributed by atoms with Gasteiger partial charge in [0.25, 0.3) is 0 Å². The molecule has 0 saturated heterocycles. The molecule has 0 aliphatic heterocycles. The van der Waals surface area contributed by atoms with Crippen LogP contribution in [0.1, 0.15) is 74.6 Å². The van der Waals surface area contributed by atoms with Crippen molar-refractivity contribution in [2.45, 2.75) is 70.8 Å². The van der Waals surface area contributed by atoms with Gasteiger partial charge < -0.3 is 11.1 Å². The molecule has 1 unspecified atom stereocenters. The van der Waals surface area contributed by atoms with E-state index in [1.54, 1.807) is 0 Å². The van der Waals surface area contributed by atoms with Crippen LogP contribution < -0.4 is 11.1 Å². The minimum Gasteiger partial charge on any atom is -0.350 e. The molecule has 1 aliphatic carbocycles. The summed E-state index contributed by atoms with van der Waals surface area (Å²) in [6, 6.07) is 6.82. The van der Waals surface area contributed by atoms with E-state index in [1.807, 2.05) is 0 Å². The van der Waals surface area contributed by atoms with E-state index in [0.717, 1.165) is 32.2 Å². The molecule has 2 rings (SSSR count). The first-order valence-electron chi connectivity index (χ1n) is 8.82. The molecule has 22 heavy (non-hydrogen) atoms. The first-order valence-corrected chi connectivity index (χ1v) is 8.82. The summed E-state index contributed by atoms with van der Waals surface area (Å²) < 4.78 is 0. The Labute approximate surface area is 134 Å². The van der Waals surface area contributed by atoms with E-state index in [-0.39, 0.29) is 11.9 Å². The van der Waals surface area contributed by atoms with Crippen LogP contribution >= 0.6 is 0 Å². The number of rotatable bonds is 8. The molecule has 3 nitrogen and oxygen atoms in total. The van der Waals surface area contributed by atoms with Gasteiger partial charge in [0.05, 0.1) is 6.04 Å². The lowest BCUT2D eigenvalue weighted by atomic mass is 9.89. The van der Waals surface area contributed by atoms with Crippen LogP contribution in [-0.4, -0.2) is 12.5 Å². The topological polar surface area (TPSA) is 55.1 Å². The van der Waals surface area contributed by atoms with Crippen molar-refractivity contribution in [2.24, 2.45) is 5.73 Å². The number of fused-ring (bicyclic) bond motifs is 1. The number of hydrogen-bond acceptors (Lipinski definition) is 2. The molecule has 3 heteroatoms. The monoisotopic (exact) mass is 302 g/mol. The van der Waals surface area contributed by atoms with Crippen LogP contribution in [0.3, 0.4) is 0 Å². The molecule has 0 radical (unpaired) electrons. The summed E-state index contributed by atoms with van der Waals surface area (Å²) in [6.45, 7) is 2.83. The van der Waals surface area contributed by atoms with E-state index < -0.39 is 0 Å². The highest BCUT2D eigenvalue weighted by molar-refractivity contribution is 5.76.